The second kappa shape index (κ2) is 5.76. The fraction of sp³-hybridized carbons (Fsp3) is 0.400. The molecule has 1 heterocycles. The number of hydrogen-bond acceptors (Lipinski definition) is 4. The van der Waals surface area contributed by atoms with Crippen molar-refractivity contribution in [3.05, 3.63) is 40.1 Å². The van der Waals surface area contributed by atoms with E-state index in [1.807, 2.05) is 4.57 Å². The molecule has 0 spiro atoms. The number of aromatic nitrogens is 1. The van der Waals surface area contributed by atoms with E-state index in [-0.39, 0.29) is 18.7 Å². The predicted octanol–water partition coefficient (Wildman–Crippen LogP) is 2.29. The Morgan fingerprint density at radius 1 is 1.36 bits per heavy atom. The first-order chi connectivity index (χ1) is 10.3. The Bertz CT molecular complexity index is 733. The molecule has 0 saturated heterocycles. The molecule has 0 unspecified atom stereocenters. The minimum Gasteiger partial charge on any atom is -0.481 e. The van der Waals surface area contributed by atoms with Crippen LogP contribution in [-0.4, -0.2) is 32.3 Å². The number of nitrogens with zero attached hydrogens (tertiary/aromatic N) is 2. The number of rotatable bonds is 6. The first-order valence-electron chi connectivity index (χ1n) is 6.87. The Morgan fingerprint density at radius 3 is 2.59 bits per heavy atom. The van der Waals surface area contributed by atoms with Gasteiger partial charge in [0.1, 0.15) is 0 Å². The van der Waals surface area contributed by atoms with Gasteiger partial charge in [0.2, 0.25) is 0 Å². The normalized spacial score (nSPS) is 11.8. The van der Waals surface area contributed by atoms with Gasteiger partial charge in [0, 0.05) is 40.7 Å². The molecule has 0 aliphatic heterocycles. The number of hydrogen-bond donors (Lipinski definition) is 2. The van der Waals surface area contributed by atoms with Crippen LogP contribution in [-0.2, 0) is 16.8 Å². The molecule has 2 aromatic rings. The Hall–Kier alpha value is -2.41. The summed E-state index contributed by atoms with van der Waals surface area (Å²) in [5.41, 5.74) is 0.804. The molecular weight excluding hydrogens is 288 g/mol. The maximum absolute atomic E-state index is 11.1. The van der Waals surface area contributed by atoms with Gasteiger partial charge in [-0.2, -0.15) is 0 Å². The number of aliphatic hydroxyl groups is 1. The van der Waals surface area contributed by atoms with Crippen LogP contribution >= 0.6 is 0 Å². The molecule has 22 heavy (non-hydrogen) atoms. The molecule has 1 aromatic heterocycles. The number of fused-ring (bicyclic) bond motifs is 1. The topological polar surface area (TPSA) is 106 Å². The SMILES string of the molecule is CC(C)(CC(=O)O)c1cc2cc([N+](=O)[O-])ccc2n1CCO. The van der Waals surface area contributed by atoms with Gasteiger partial charge in [0.25, 0.3) is 5.69 Å². The van der Waals surface area contributed by atoms with Crippen molar-refractivity contribution in [1.29, 1.82) is 0 Å². The first kappa shape index (κ1) is 16.0. The summed E-state index contributed by atoms with van der Waals surface area (Å²) in [4.78, 5) is 21.5. The third kappa shape index (κ3) is 2.94. The number of aliphatic hydroxyl groups excluding tert-OH is 1. The maximum atomic E-state index is 11.1. The van der Waals surface area contributed by atoms with Crippen molar-refractivity contribution in [2.45, 2.75) is 32.2 Å². The maximum Gasteiger partial charge on any atom is 0.304 e. The van der Waals surface area contributed by atoms with E-state index in [9.17, 15) is 20.0 Å². The molecule has 0 amide bonds. The van der Waals surface area contributed by atoms with Gasteiger partial charge < -0.3 is 14.8 Å². The van der Waals surface area contributed by atoms with Gasteiger partial charge in [-0.1, -0.05) is 13.8 Å². The van der Waals surface area contributed by atoms with Gasteiger partial charge in [-0.05, 0) is 12.1 Å². The highest BCUT2D eigenvalue weighted by Crippen LogP contribution is 2.33. The van der Waals surface area contributed by atoms with Crippen LogP contribution in [0.25, 0.3) is 10.9 Å². The van der Waals surface area contributed by atoms with Crippen molar-refractivity contribution in [2.24, 2.45) is 0 Å². The summed E-state index contributed by atoms with van der Waals surface area (Å²) >= 11 is 0. The Kier molecular flexibility index (Phi) is 4.18. The Labute approximate surface area is 126 Å². The summed E-state index contributed by atoms with van der Waals surface area (Å²) in [6.07, 6.45) is -0.0726. The molecule has 0 atom stereocenters. The minimum atomic E-state index is -0.920. The number of carbonyl (C=O) groups is 1. The second-order valence-corrected chi connectivity index (χ2v) is 5.86. The van der Waals surface area contributed by atoms with Crippen LogP contribution in [0, 0.1) is 10.1 Å². The molecular formula is C15H18N2O5. The monoisotopic (exact) mass is 306 g/mol. The lowest BCUT2D eigenvalue weighted by Gasteiger charge is -2.25. The number of non-ortho nitro benzene ring substituents is 1. The average molecular weight is 306 g/mol. The molecule has 1 aromatic carbocycles. The summed E-state index contributed by atoms with van der Waals surface area (Å²) < 4.78 is 1.82. The Morgan fingerprint density at radius 2 is 2.05 bits per heavy atom. The molecule has 0 saturated carbocycles. The van der Waals surface area contributed by atoms with Gasteiger partial charge in [-0.25, -0.2) is 0 Å². The van der Waals surface area contributed by atoms with Gasteiger partial charge in [-0.15, -0.1) is 0 Å². The standard InChI is InChI=1S/C15H18N2O5/c1-15(2,9-14(19)20)13-8-10-7-11(17(21)22)3-4-12(10)16(13)5-6-18/h3-4,7-8,18H,5-6,9H2,1-2H3,(H,19,20). The minimum absolute atomic E-state index is 0.0174. The largest absolute Gasteiger partial charge is 0.481 e. The van der Waals surface area contributed by atoms with Crippen LogP contribution in [0.1, 0.15) is 26.0 Å². The van der Waals surface area contributed by atoms with Crippen LogP contribution < -0.4 is 0 Å². The molecule has 7 nitrogen and oxygen atoms in total. The Balaban J connectivity index is 2.64. The summed E-state index contributed by atoms with van der Waals surface area (Å²) in [6, 6.07) is 6.26. The van der Waals surface area contributed by atoms with Crippen LogP contribution in [0.5, 0.6) is 0 Å². The number of benzene rings is 1. The van der Waals surface area contributed by atoms with E-state index in [0.29, 0.717) is 11.9 Å². The van der Waals surface area contributed by atoms with Crippen molar-refractivity contribution in [3.8, 4) is 0 Å². The zero-order chi connectivity index (χ0) is 16.5. The number of nitro groups is 1. The quantitative estimate of drug-likeness (QED) is 0.629. The van der Waals surface area contributed by atoms with Crippen LogP contribution in [0.2, 0.25) is 0 Å². The van der Waals surface area contributed by atoms with E-state index in [4.69, 9.17) is 5.11 Å². The molecule has 0 aliphatic carbocycles. The number of aliphatic carboxylic acids is 1. The predicted molar refractivity (Wildman–Crippen MR) is 81.0 cm³/mol. The molecule has 2 N–H and O–H groups in total. The van der Waals surface area contributed by atoms with Crippen molar-refractivity contribution >= 4 is 22.6 Å². The van der Waals surface area contributed by atoms with E-state index in [1.165, 1.54) is 12.1 Å². The first-order valence-corrected chi connectivity index (χ1v) is 6.87. The van der Waals surface area contributed by atoms with Gasteiger partial charge in [-0.3, -0.25) is 14.9 Å². The summed E-state index contributed by atoms with van der Waals surface area (Å²) in [6.45, 7) is 3.81. The molecule has 2 rings (SSSR count). The molecule has 0 bridgehead atoms. The zero-order valence-corrected chi connectivity index (χ0v) is 12.4. The van der Waals surface area contributed by atoms with Crippen LogP contribution in [0.4, 0.5) is 5.69 Å². The van der Waals surface area contributed by atoms with Gasteiger partial charge in [0.15, 0.2) is 0 Å². The van der Waals surface area contributed by atoms with Crippen molar-refractivity contribution in [1.82, 2.24) is 4.57 Å². The lowest BCUT2D eigenvalue weighted by atomic mass is 9.85. The smallest absolute Gasteiger partial charge is 0.304 e. The second-order valence-electron chi connectivity index (χ2n) is 5.86. The van der Waals surface area contributed by atoms with E-state index < -0.39 is 16.3 Å². The molecule has 0 radical (unpaired) electrons. The molecule has 118 valence electrons. The van der Waals surface area contributed by atoms with Crippen molar-refractivity contribution in [2.75, 3.05) is 6.61 Å². The average Bonchev–Trinajstić information content (AvgIpc) is 2.77. The third-order valence-electron chi connectivity index (χ3n) is 3.71. The lowest BCUT2D eigenvalue weighted by molar-refractivity contribution is -0.384. The number of carboxylic acids is 1. The van der Waals surface area contributed by atoms with E-state index in [2.05, 4.69) is 0 Å². The summed E-state index contributed by atoms with van der Waals surface area (Å²) in [5.74, 6) is -0.920. The molecule has 0 aliphatic rings. The van der Waals surface area contributed by atoms with Gasteiger partial charge >= 0.3 is 5.97 Å². The third-order valence-corrected chi connectivity index (χ3v) is 3.71. The van der Waals surface area contributed by atoms with E-state index >= 15 is 0 Å². The lowest BCUT2D eigenvalue weighted by Crippen LogP contribution is -2.25. The van der Waals surface area contributed by atoms with Crippen molar-refractivity contribution < 1.29 is 19.9 Å². The zero-order valence-electron chi connectivity index (χ0n) is 12.4. The van der Waals surface area contributed by atoms with Crippen LogP contribution in [0.3, 0.4) is 0 Å². The molecule has 0 fully saturated rings. The van der Waals surface area contributed by atoms with Crippen LogP contribution in [0.15, 0.2) is 24.3 Å². The summed E-state index contributed by atoms with van der Waals surface area (Å²) in [5, 5.41) is 29.9. The highest BCUT2D eigenvalue weighted by Gasteiger charge is 2.29. The van der Waals surface area contributed by atoms with Crippen molar-refractivity contribution in [3.63, 3.8) is 0 Å². The highest BCUT2D eigenvalue weighted by molar-refractivity contribution is 5.84. The highest BCUT2D eigenvalue weighted by atomic mass is 16.6. The van der Waals surface area contributed by atoms with E-state index in [1.54, 1.807) is 26.0 Å². The van der Waals surface area contributed by atoms with E-state index in [0.717, 1.165) is 11.2 Å². The summed E-state index contributed by atoms with van der Waals surface area (Å²) in [7, 11) is 0. The fourth-order valence-electron chi connectivity index (χ4n) is 2.74. The molecule has 7 heteroatoms. The van der Waals surface area contributed by atoms with Gasteiger partial charge in [0.05, 0.1) is 18.0 Å². The number of nitro benzene ring substituents is 1. The fourth-order valence-corrected chi connectivity index (χ4v) is 2.74. The number of carboxylic acid groups (broad SMARTS) is 1.